The molecule has 0 bridgehead atoms. The maximum Gasteiger partial charge on any atom is 0.308 e. The quantitative estimate of drug-likeness (QED) is 0.159. The van der Waals surface area contributed by atoms with E-state index in [2.05, 4.69) is 10.4 Å². The number of esters is 1. The number of carbonyl (C=O) groups excluding carboxylic acids is 2. The molecule has 8 nitrogen and oxygen atoms in total. The first kappa shape index (κ1) is 37.8. The van der Waals surface area contributed by atoms with Crippen LogP contribution in [0.4, 0.5) is 17.6 Å². The van der Waals surface area contributed by atoms with Crippen LogP contribution in [0.1, 0.15) is 85.6 Å². The van der Waals surface area contributed by atoms with Crippen LogP contribution in [0.15, 0.2) is 35.1 Å². The fraction of sp³-hybridized carbons (Fsp3) is 0.514. The zero-order valence-corrected chi connectivity index (χ0v) is 29.3. The summed E-state index contributed by atoms with van der Waals surface area (Å²) < 4.78 is 63.9. The fourth-order valence-corrected chi connectivity index (χ4v) is 6.53. The minimum Gasteiger partial charge on any atom is -0.466 e. The van der Waals surface area contributed by atoms with Crippen LogP contribution < -0.4 is 10.9 Å². The van der Waals surface area contributed by atoms with Gasteiger partial charge in [-0.1, -0.05) is 13.8 Å². The van der Waals surface area contributed by atoms with Crippen LogP contribution in [0.25, 0.3) is 11.1 Å². The number of hydrogen-bond donors (Lipinski definition) is 1. The summed E-state index contributed by atoms with van der Waals surface area (Å²) in [5.41, 5.74) is 3.16. The number of alkyl halides is 2. The number of halogens is 4. The van der Waals surface area contributed by atoms with Crippen molar-refractivity contribution in [2.45, 2.75) is 92.2 Å². The van der Waals surface area contributed by atoms with Crippen molar-refractivity contribution in [1.82, 2.24) is 20.0 Å². The molecule has 0 radical (unpaired) electrons. The summed E-state index contributed by atoms with van der Waals surface area (Å²) in [4.78, 5) is 42.1. The standard InChI is InChI=1S/C37H46F4N4O4/c1-8-49-32(46)19-30(29-18-26(14-24(6)34(29)39)33-22(4)15-27(38)16-23(33)5)42-35(47)31(13-21(2)3)45-36(48)25(7)17-28(43-45)9-11-44-12-10-37(40,41)20-44/h14-18,21,30-31H,8-13,19-20H2,1-7H3,(H,42,47)/t30-,31-/m0/s1. The smallest absolute Gasteiger partial charge is 0.308 e. The molecule has 0 aliphatic carbocycles. The van der Waals surface area contributed by atoms with E-state index in [1.807, 2.05) is 13.8 Å². The summed E-state index contributed by atoms with van der Waals surface area (Å²) >= 11 is 0. The van der Waals surface area contributed by atoms with Crippen molar-refractivity contribution in [2.24, 2.45) is 5.92 Å². The summed E-state index contributed by atoms with van der Waals surface area (Å²) in [5.74, 6) is -5.15. The Morgan fingerprint density at radius 1 is 1.00 bits per heavy atom. The molecule has 2 aromatic carbocycles. The molecule has 1 aliphatic rings. The predicted octanol–water partition coefficient (Wildman–Crippen LogP) is 6.70. The second-order valence-electron chi connectivity index (χ2n) is 13.5. The molecule has 49 heavy (non-hydrogen) atoms. The van der Waals surface area contributed by atoms with Crippen molar-refractivity contribution in [3.05, 3.63) is 85.8 Å². The van der Waals surface area contributed by atoms with E-state index in [0.29, 0.717) is 40.1 Å². The van der Waals surface area contributed by atoms with Crippen LogP contribution in [-0.4, -0.2) is 58.7 Å². The molecule has 1 aliphatic heterocycles. The second-order valence-corrected chi connectivity index (χ2v) is 13.5. The number of benzene rings is 2. The molecule has 0 saturated carbocycles. The number of aryl methyl sites for hydroxylation is 4. The third-order valence-corrected chi connectivity index (χ3v) is 8.83. The lowest BCUT2D eigenvalue weighted by Crippen LogP contribution is -2.42. The van der Waals surface area contributed by atoms with Gasteiger partial charge in [0.15, 0.2) is 0 Å². The summed E-state index contributed by atoms with van der Waals surface area (Å²) in [6, 6.07) is 5.25. The van der Waals surface area contributed by atoms with Gasteiger partial charge in [0.05, 0.1) is 31.3 Å². The minimum absolute atomic E-state index is 0.0375. The first-order chi connectivity index (χ1) is 23.0. The molecule has 3 aromatic rings. The molecular weight excluding hydrogens is 640 g/mol. The van der Waals surface area contributed by atoms with Crippen LogP contribution in [0.3, 0.4) is 0 Å². The van der Waals surface area contributed by atoms with E-state index in [1.165, 1.54) is 12.1 Å². The molecule has 0 spiro atoms. The summed E-state index contributed by atoms with van der Waals surface area (Å²) in [7, 11) is 0. The van der Waals surface area contributed by atoms with E-state index in [9.17, 15) is 27.6 Å². The molecular formula is C37H46F4N4O4. The van der Waals surface area contributed by atoms with Crippen molar-refractivity contribution >= 4 is 11.9 Å². The van der Waals surface area contributed by atoms with E-state index in [0.717, 1.165) is 4.68 Å². The number of rotatable bonds is 13. The van der Waals surface area contributed by atoms with E-state index < -0.39 is 53.5 Å². The van der Waals surface area contributed by atoms with Gasteiger partial charge < -0.3 is 10.1 Å². The van der Waals surface area contributed by atoms with Crippen LogP contribution >= 0.6 is 0 Å². The monoisotopic (exact) mass is 686 g/mol. The SMILES string of the molecule is CCOC(=O)C[C@H](NC(=O)[C@H](CC(C)C)n1nc(CCN2CCC(F)(F)C2)cc(C)c1=O)c1cc(-c2c(C)cc(F)cc2C)cc(C)c1F. The van der Waals surface area contributed by atoms with Gasteiger partial charge in [-0.3, -0.25) is 19.3 Å². The van der Waals surface area contributed by atoms with Crippen molar-refractivity contribution in [2.75, 3.05) is 26.2 Å². The van der Waals surface area contributed by atoms with Crippen LogP contribution in [0.2, 0.25) is 0 Å². The lowest BCUT2D eigenvalue weighted by atomic mass is 9.90. The minimum atomic E-state index is -2.74. The van der Waals surface area contributed by atoms with Gasteiger partial charge in [0.25, 0.3) is 11.5 Å². The van der Waals surface area contributed by atoms with Gasteiger partial charge >= 0.3 is 5.97 Å². The van der Waals surface area contributed by atoms with Crippen LogP contribution in [0, 0.1) is 45.2 Å². The average Bonchev–Trinajstić information content (AvgIpc) is 3.35. The molecule has 1 saturated heterocycles. The fourth-order valence-electron chi connectivity index (χ4n) is 6.53. The number of hydrogen-bond acceptors (Lipinski definition) is 6. The van der Waals surface area contributed by atoms with E-state index >= 15 is 4.39 Å². The summed E-state index contributed by atoms with van der Waals surface area (Å²) in [5, 5.41) is 7.35. The number of carbonyl (C=O) groups is 2. The maximum absolute atomic E-state index is 16.0. The largest absolute Gasteiger partial charge is 0.466 e. The first-order valence-electron chi connectivity index (χ1n) is 16.7. The highest BCUT2D eigenvalue weighted by atomic mass is 19.3. The Morgan fingerprint density at radius 3 is 2.27 bits per heavy atom. The van der Waals surface area contributed by atoms with Crippen molar-refractivity contribution < 1.29 is 31.9 Å². The molecule has 0 unspecified atom stereocenters. The number of likely N-dealkylation sites (tertiary alicyclic amines) is 1. The zero-order valence-electron chi connectivity index (χ0n) is 29.3. The normalized spacial score (nSPS) is 15.8. The van der Waals surface area contributed by atoms with Crippen molar-refractivity contribution in [1.29, 1.82) is 0 Å². The maximum atomic E-state index is 16.0. The summed E-state index contributed by atoms with van der Waals surface area (Å²) in [6.45, 7) is 12.4. The zero-order chi connectivity index (χ0) is 36.2. The second kappa shape index (κ2) is 15.7. The Hall–Kier alpha value is -4.06. The van der Waals surface area contributed by atoms with Gasteiger partial charge in [-0.25, -0.2) is 22.2 Å². The van der Waals surface area contributed by atoms with E-state index in [-0.39, 0.29) is 56.0 Å². The molecule has 2 heterocycles. The Balaban J connectivity index is 1.73. The number of aromatic nitrogens is 2. The molecule has 4 rings (SSSR count). The molecule has 266 valence electrons. The highest BCUT2D eigenvalue weighted by Crippen LogP contribution is 2.34. The Morgan fingerprint density at radius 2 is 1.67 bits per heavy atom. The lowest BCUT2D eigenvalue weighted by Gasteiger charge is -2.26. The van der Waals surface area contributed by atoms with Gasteiger partial charge in [-0.15, -0.1) is 0 Å². The van der Waals surface area contributed by atoms with Crippen LogP contribution in [0.5, 0.6) is 0 Å². The van der Waals surface area contributed by atoms with Gasteiger partial charge in [-0.05, 0) is 105 Å². The Bertz CT molecular complexity index is 1730. The van der Waals surface area contributed by atoms with E-state index in [4.69, 9.17) is 4.74 Å². The Labute approximate surface area is 284 Å². The molecule has 1 fully saturated rings. The van der Waals surface area contributed by atoms with Gasteiger partial charge in [0.2, 0.25) is 5.91 Å². The molecule has 1 amide bonds. The van der Waals surface area contributed by atoms with Gasteiger partial charge in [0, 0.05) is 37.1 Å². The van der Waals surface area contributed by atoms with Crippen molar-refractivity contribution in [3.63, 3.8) is 0 Å². The first-order valence-corrected chi connectivity index (χ1v) is 16.7. The van der Waals surface area contributed by atoms with Crippen molar-refractivity contribution in [3.8, 4) is 11.1 Å². The highest BCUT2D eigenvalue weighted by Gasteiger charge is 2.38. The molecule has 1 aromatic heterocycles. The predicted molar refractivity (Wildman–Crippen MR) is 180 cm³/mol. The van der Waals surface area contributed by atoms with Gasteiger partial charge in [0.1, 0.15) is 17.7 Å². The third-order valence-electron chi connectivity index (χ3n) is 8.83. The number of ether oxygens (including phenoxy) is 1. The topological polar surface area (TPSA) is 93.5 Å². The number of nitrogens with one attached hydrogen (secondary N) is 1. The van der Waals surface area contributed by atoms with Gasteiger partial charge in [-0.2, -0.15) is 5.10 Å². The molecule has 12 heteroatoms. The highest BCUT2D eigenvalue weighted by molar-refractivity contribution is 5.82. The lowest BCUT2D eigenvalue weighted by molar-refractivity contribution is -0.144. The van der Waals surface area contributed by atoms with Crippen LogP contribution in [-0.2, 0) is 20.7 Å². The number of nitrogens with zero attached hydrogens (tertiary/aromatic N) is 3. The molecule has 1 N–H and O–H groups in total. The molecule has 2 atom stereocenters. The van der Waals surface area contributed by atoms with E-state index in [1.54, 1.807) is 57.7 Å². The Kier molecular flexibility index (Phi) is 12.1. The average molecular weight is 687 g/mol. The summed E-state index contributed by atoms with van der Waals surface area (Å²) in [6.07, 6.45) is -0.119. The third kappa shape index (κ3) is 9.35. The number of amides is 1.